The predicted octanol–water partition coefficient (Wildman–Crippen LogP) is 6.56. The molecule has 150 valence electrons. The van der Waals surface area contributed by atoms with Crippen LogP contribution in [0.4, 0.5) is 0 Å². The first-order chi connectivity index (χ1) is 14.8. The summed E-state index contributed by atoms with van der Waals surface area (Å²) < 4.78 is 16.3. The van der Waals surface area contributed by atoms with Gasteiger partial charge in [0.1, 0.15) is 17.2 Å². The fourth-order valence-corrected chi connectivity index (χ4v) is 5.12. The van der Waals surface area contributed by atoms with Gasteiger partial charge in [0, 0.05) is 7.11 Å². The maximum atomic E-state index is 6.00. The highest BCUT2D eigenvalue weighted by molar-refractivity contribution is 7.97. The molecular weight excluding hydrogens is 392 g/mol. The average molecular weight is 416 g/mol. The molecule has 0 aliphatic heterocycles. The minimum absolute atomic E-state index is 0.160. The molecule has 4 rings (SSSR count). The van der Waals surface area contributed by atoms with Crippen LogP contribution in [-0.2, 0) is 15.6 Å². The molecule has 3 nitrogen and oxygen atoms in total. The van der Waals surface area contributed by atoms with Crippen LogP contribution in [0.1, 0.15) is 0 Å². The molecule has 0 heterocycles. The first-order valence-corrected chi connectivity index (χ1v) is 10.9. The summed E-state index contributed by atoms with van der Waals surface area (Å²) in [6, 6.07) is 37.1. The van der Waals surface area contributed by atoms with E-state index >= 15 is 0 Å². The highest BCUT2D eigenvalue weighted by Gasteiger charge is 2.28. The summed E-state index contributed by atoms with van der Waals surface area (Å²) in [5.74, 6) is 2.31. The molecule has 0 unspecified atom stereocenters. The zero-order valence-electron chi connectivity index (χ0n) is 16.7. The van der Waals surface area contributed by atoms with Crippen molar-refractivity contribution in [2.24, 2.45) is 0 Å². The number of hydrogen-bond donors (Lipinski definition) is 0. The van der Waals surface area contributed by atoms with Gasteiger partial charge in [-0.2, -0.15) is 0 Å². The zero-order valence-corrected chi connectivity index (χ0v) is 17.5. The van der Waals surface area contributed by atoms with Crippen molar-refractivity contribution in [1.82, 2.24) is 0 Å². The van der Waals surface area contributed by atoms with Crippen LogP contribution in [0.25, 0.3) is 0 Å². The lowest BCUT2D eigenvalue weighted by Gasteiger charge is -2.10. The van der Waals surface area contributed by atoms with Crippen molar-refractivity contribution in [3.8, 4) is 17.2 Å². The smallest absolute Gasteiger partial charge is 0.188 e. The Hall–Kier alpha value is -3.21. The van der Waals surface area contributed by atoms with Crippen molar-refractivity contribution >= 4 is 10.9 Å². The van der Waals surface area contributed by atoms with Crippen molar-refractivity contribution in [2.75, 3.05) is 13.9 Å². The molecule has 0 saturated heterocycles. The highest BCUT2D eigenvalue weighted by atomic mass is 32.2. The second-order valence-corrected chi connectivity index (χ2v) is 8.55. The van der Waals surface area contributed by atoms with E-state index in [4.69, 9.17) is 14.2 Å². The summed E-state index contributed by atoms with van der Waals surface area (Å²) in [5.41, 5.74) is 0. The van der Waals surface area contributed by atoms with Crippen molar-refractivity contribution in [3.05, 3.63) is 109 Å². The van der Waals surface area contributed by atoms with Gasteiger partial charge < -0.3 is 14.2 Å². The molecule has 0 fully saturated rings. The van der Waals surface area contributed by atoms with Crippen molar-refractivity contribution in [2.45, 2.75) is 14.7 Å². The van der Waals surface area contributed by atoms with Crippen molar-refractivity contribution in [3.63, 3.8) is 0 Å². The zero-order chi connectivity index (χ0) is 20.6. The van der Waals surface area contributed by atoms with Gasteiger partial charge in [-0.05, 0) is 72.8 Å². The average Bonchev–Trinajstić information content (AvgIpc) is 2.81. The van der Waals surface area contributed by atoms with E-state index in [1.807, 2.05) is 36.4 Å². The molecule has 0 radical (unpaired) electrons. The predicted molar refractivity (Wildman–Crippen MR) is 121 cm³/mol. The van der Waals surface area contributed by atoms with E-state index in [0.717, 1.165) is 17.2 Å². The Balaban J connectivity index is 1.54. The lowest BCUT2D eigenvalue weighted by molar-refractivity contribution is 0.0511. The van der Waals surface area contributed by atoms with Gasteiger partial charge in [-0.15, -0.1) is 0 Å². The topological polar surface area (TPSA) is 27.7 Å². The summed E-state index contributed by atoms with van der Waals surface area (Å²) in [6.45, 7) is 0.229. The number of ether oxygens (including phenoxy) is 3. The Labute approximate surface area is 180 Å². The normalized spacial score (nSPS) is 10.7. The molecule has 0 aromatic heterocycles. The fourth-order valence-electron chi connectivity index (χ4n) is 3.03. The summed E-state index contributed by atoms with van der Waals surface area (Å²) >= 11 is 0. The van der Waals surface area contributed by atoms with Crippen LogP contribution < -0.4 is 9.47 Å². The van der Waals surface area contributed by atoms with E-state index in [9.17, 15) is 0 Å². The first-order valence-electron chi connectivity index (χ1n) is 9.67. The lowest BCUT2D eigenvalue weighted by Crippen LogP contribution is -2.04. The standard InChI is InChI=1S/C26H23O3S/c1-27-20-28-21-12-14-22(15-13-21)29-23-16-18-26(19-17-23)30(24-8-4-2-5-9-24)25-10-6-3-7-11-25/h2-19H,20H2,1H3/q+1. The van der Waals surface area contributed by atoms with E-state index in [1.54, 1.807) is 7.11 Å². The molecule has 4 aromatic carbocycles. The van der Waals surface area contributed by atoms with Crippen LogP contribution in [0.5, 0.6) is 17.2 Å². The maximum Gasteiger partial charge on any atom is 0.188 e. The molecule has 0 bridgehead atoms. The summed E-state index contributed by atoms with van der Waals surface area (Å²) in [5, 5.41) is 0. The van der Waals surface area contributed by atoms with Crippen molar-refractivity contribution in [1.29, 1.82) is 0 Å². The molecule has 4 heteroatoms. The highest BCUT2D eigenvalue weighted by Crippen LogP contribution is 2.32. The molecular formula is C26H23O3S+. The second-order valence-electron chi connectivity index (χ2n) is 6.53. The summed E-state index contributed by atoms with van der Waals surface area (Å²) in [4.78, 5) is 3.84. The van der Waals surface area contributed by atoms with Crippen LogP contribution in [0.3, 0.4) is 0 Å². The van der Waals surface area contributed by atoms with Gasteiger partial charge in [0.05, 0.1) is 10.9 Å². The fraction of sp³-hybridized carbons (Fsp3) is 0.0769. The van der Waals surface area contributed by atoms with Crippen LogP contribution >= 0.6 is 0 Å². The Bertz CT molecular complexity index is 994. The van der Waals surface area contributed by atoms with Crippen LogP contribution in [-0.4, -0.2) is 13.9 Å². The monoisotopic (exact) mass is 415 g/mol. The summed E-state index contributed by atoms with van der Waals surface area (Å²) in [7, 11) is 1.44. The molecule has 0 atom stereocenters. The largest absolute Gasteiger partial charge is 0.468 e. The van der Waals surface area contributed by atoms with Gasteiger partial charge in [0.2, 0.25) is 0 Å². The van der Waals surface area contributed by atoms with Gasteiger partial charge in [0.25, 0.3) is 0 Å². The van der Waals surface area contributed by atoms with E-state index in [0.29, 0.717) is 0 Å². The van der Waals surface area contributed by atoms with Crippen molar-refractivity contribution < 1.29 is 14.2 Å². The van der Waals surface area contributed by atoms with Gasteiger partial charge in [0.15, 0.2) is 21.5 Å². The molecule has 4 aromatic rings. The maximum absolute atomic E-state index is 6.00. The molecule has 0 aliphatic rings. The van der Waals surface area contributed by atoms with Gasteiger partial charge in [-0.3, -0.25) is 0 Å². The third kappa shape index (κ3) is 5.03. The molecule has 0 spiro atoms. The van der Waals surface area contributed by atoms with Crippen LogP contribution in [0.15, 0.2) is 124 Å². The molecule has 30 heavy (non-hydrogen) atoms. The van der Waals surface area contributed by atoms with Gasteiger partial charge in [-0.1, -0.05) is 36.4 Å². The summed E-state index contributed by atoms with van der Waals surface area (Å²) in [6.07, 6.45) is 0. The molecule has 0 amide bonds. The minimum atomic E-state index is -0.160. The molecule has 0 saturated carbocycles. The third-order valence-electron chi connectivity index (χ3n) is 4.42. The number of rotatable bonds is 8. The molecule has 0 aliphatic carbocycles. The second kappa shape index (κ2) is 10.0. The SMILES string of the molecule is COCOc1ccc(Oc2ccc([S+](c3ccccc3)c3ccccc3)cc2)cc1. The Kier molecular flexibility index (Phi) is 6.70. The van der Waals surface area contributed by atoms with E-state index < -0.39 is 0 Å². The van der Waals surface area contributed by atoms with Gasteiger partial charge >= 0.3 is 0 Å². The Morgan fingerprint density at radius 3 is 1.47 bits per heavy atom. The number of hydrogen-bond acceptors (Lipinski definition) is 3. The number of methoxy groups -OCH3 is 1. The van der Waals surface area contributed by atoms with E-state index in [-0.39, 0.29) is 17.7 Å². The minimum Gasteiger partial charge on any atom is -0.468 e. The molecule has 0 N–H and O–H groups in total. The lowest BCUT2D eigenvalue weighted by atomic mass is 10.3. The Morgan fingerprint density at radius 2 is 0.967 bits per heavy atom. The quantitative estimate of drug-likeness (QED) is 0.241. The third-order valence-corrected chi connectivity index (χ3v) is 6.65. The van der Waals surface area contributed by atoms with Gasteiger partial charge in [-0.25, -0.2) is 0 Å². The Morgan fingerprint density at radius 1 is 0.533 bits per heavy atom. The van der Waals surface area contributed by atoms with E-state index in [2.05, 4.69) is 72.8 Å². The van der Waals surface area contributed by atoms with Crippen LogP contribution in [0.2, 0.25) is 0 Å². The van der Waals surface area contributed by atoms with Crippen LogP contribution in [0, 0.1) is 0 Å². The first kappa shape index (κ1) is 20.1. The van der Waals surface area contributed by atoms with E-state index in [1.165, 1.54) is 14.7 Å². The number of benzene rings is 4.